The number of rotatable bonds is 4. The fraction of sp³-hybridized carbons (Fsp3) is 0.111. The van der Waals surface area contributed by atoms with E-state index in [1.165, 1.54) is 7.11 Å². The SMILES string of the molecule is COc1nc(OCl)c2c(-c3ccccc3)c(Cl)nc(-c3cn(C)cn3)c2n1. The first-order chi connectivity index (χ1) is 13.1. The van der Waals surface area contributed by atoms with Gasteiger partial charge in [-0.1, -0.05) is 41.9 Å². The van der Waals surface area contributed by atoms with E-state index >= 15 is 0 Å². The van der Waals surface area contributed by atoms with E-state index in [0.29, 0.717) is 27.9 Å². The third-order valence-corrected chi connectivity index (χ3v) is 4.43. The van der Waals surface area contributed by atoms with Crippen molar-refractivity contribution in [2.45, 2.75) is 0 Å². The Labute approximate surface area is 164 Å². The number of fused-ring (bicyclic) bond motifs is 1. The Kier molecular flexibility index (Phi) is 4.55. The van der Waals surface area contributed by atoms with Gasteiger partial charge in [0, 0.05) is 18.8 Å². The summed E-state index contributed by atoms with van der Waals surface area (Å²) in [5.41, 5.74) is 3.00. The Hall–Kier alpha value is -2.90. The summed E-state index contributed by atoms with van der Waals surface area (Å²) in [4.78, 5) is 17.6. The van der Waals surface area contributed by atoms with Gasteiger partial charge in [-0.25, -0.2) is 9.97 Å². The lowest BCUT2D eigenvalue weighted by Crippen LogP contribution is -2.01. The molecule has 0 saturated heterocycles. The Bertz CT molecular complexity index is 1130. The summed E-state index contributed by atoms with van der Waals surface area (Å²) in [6.45, 7) is 0. The monoisotopic (exact) mass is 401 g/mol. The van der Waals surface area contributed by atoms with Crippen LogP contribution < -0.4 is 9.03 Å². The summed E-state index contributed by atoms with van der Waals surface area (Å²) < 4.78 is 12.0. The molecule has 0 saturated carbocycles. The van der Waals surface area contributed by atoms with Crippen LogP contribution in [0.2, 0.25) is 5.15 Å². The second-order valence-corrected chi connectivity index (χ2v) is 6.25. The number of hydrogen-bond donors (Lipinski definition) is 0. The van der Waals surface area contributed by atoms with E-state index in [2.05, 4.69) is 19.9 Å². The zero-order valence-corrected chi connectivity index (χ0v) is 15.9. The Morgan fingerprint density at radius 2 is 1.85 bits per heavy atom. The summed E-state index contributed by atoms with van der Waals surface area (Å²) in [5, 5.41) is 0.788. The maximum atomic E-state index is 6.57. The van der Waals surface area contributed by atoms with Crippen LogP contribution in [0.5, 0.6) is 11.9 Å². The zero-order chi connectivity index (χ0) is 19.0. The van der Waals surface area contributed by atoms with Gasteiger partial charge in [0.15, 0.2) is 0 Å². The summed E-state index contributed by atoms with van der Waals surface area (Å²) in [6.07, 6.45) is 3.48. The molecule has 7 nitrogen and oxygen atoms in total. The van der Waals surface area contributed by atoms with Gasteiger partial charge in [-0.3, -0.25) is 0 Å². The number of hydrogen-bond acceptors (Lipinski definition) is 6. The lowest BCUT2D eigenvalue weighted by Gasteiger charge is -2.13. The van der Waals surface area contributed by atoms with Gasteiger partial charge in [0.05, 0.1) is 18.8 Å². The third kappa shape index (κ3) is 3.05. The normalized spacial score (nSPS) is 11.0. The molecule has 0 spiro atoms. The fourth-order valence-electron chi connectivity index (χ4n) is 2.86. The predicted octanol–water partition coefficient (Wildman–Crippen LogP) is 4.29. The Morgan fingerprint density at radius 1 is 1.07 bits per heavy atom. The van der Waals surface area contributed by atoms with E-state index in [4.69, 9.17) is 32.5 Å². The van der Waals surface area contributed by atoms with Crippen molar-refractivity contribution in [1.29, 1.82) is 0 Å². The summed E-state index contributed by atoms with van der Waals surface area (Å²) >= 11 is 12.3. The van der Waals surface area contributed by atoms with Gasteiger partial charge in [0.2, 0.25) is 0 Å². The van der Waals surface area contributed by atoms with Crippen molar-refractivity contribution in [1.82, 2.24) is 24.5 Å². The van der Waals surface area contributed by atoms with Gasteiger partial charge < -0.3 is 13.6 Å². The number of nitrogens with zero attached hydrogens (tertiary/aromatic N) is 5. The number of imidazole rings is 1. The number of aromatic nitrogens is 5. The summed E-state index contributed by atoms with van der Waals surface area (Å²) in [7, 11) is 3.32. The van der Waals surface area contributed by atoms with Crippen molar-refractivity contribution >= 4 is 34.4 Å². The summed E-state index contributed by atoms with van der Waals surface area (Å²) in [5.74, 6) is 0.124. The van der Waals surface area contributed by atoms with Crippen molar-refractivity contribution in [3.05, 3.63) is 48.0 Å². The molecule has 27 heavy (non-hydrogen) atoms. The molecular weight excluding hydrogens is 389 g/mol. The first-order valence-corrected chi connectivity index (χ1v) is 8.58. The number of methoxy groups -OCH3 is 1. The molecule has 0 aliphatic carbocycles. The standard InChI is InChI=1S/C18H13Cl2N5O2/c1-25-8-11(21-9-25)14-15-13(17(27-20)24-18(23-15)26-2)12(16(19)22-14)10-6-4-3-5-7-10/h3-9H,1-2H3. The molecule has 0 N–H and O–H groups in total. The molecule has 0 bridgehead atoms. The second-order valence-electron chi connectivity index (χ2n) is 5.73. The van der Waals surface area contributed by atoms with Crippen LogP contribution >= 0.6 is 23.5 Å². The minimum atomic E-state index is 0.0958. The molecule has 9 heteroatoms. The predicted molar refractivity (Wildman–Crippen MR) is 103 cm³/mol. The average Bonchev–Trinajstić information content (AvgIpc) is 3.13. The molecule has 0 fully saturated rings. The molecule has 1 aromatic carbocycles. The van der Waals surface area contributed by atoms with Gasteiger partial charge in [-0.2, -0.15) is 9.97 Å². The van der Waals surface area contributed by atoms with E-state index in [1.807, 2.05) is 43.6 Å². The van der Waals surface area contributed by atoms with Crippen LogP contribution in [0.4, 0.5) is 0 Å². The van der Waals surface area contributed by atoms with Crippen LogP contribution in [0.25, 0.3) is 33.4 Å². The van der Waals surface area contributed by atoms with Crippen molar-refractivity contribution < 1.29 is 9.03 Å². The van der Waals surface area contributed by atoms with Crippen LogP contribution in [0.3, 0.4) is 0 Å². The lowest BCUT2D eigenvalue weighted by molar-refractivity contribution is 0.376. The van der Waals surface area contributed by atoms with Gasteiger partial charge in [0.1, 0.15) is 33.9 Å². The highest BCUT2D eigenvalue weighted by atomic mass is 35.5. The van der Waals surface area contributed by atoms with Crippen molar-refractivity contribution in [2.75, 3.05) is 7.11 Å². The molecule has 3 aromatic heterocycles. The largest absolute Gasteiger partial charge is 0.467 e. The van der Waals surface area contributed by atoms with Crippen molar-refractivity contribution in [3.63, 3.8) is 0 Å². The Morgan fingerprint density at radius 3 is 2.48 bits per heavy atom. The minimum Gasteiger partial charge on any atom is -0.467 e. The Balaban J connectivity index is 2.16. The number of ether oxygens (including phenoxy) is 1. The molecule has 4 rings (SSSR count). The zero-order valence-electron chi connectivity index (χ0n) is 14.3. The topological polar surface area (TPSA) is 75.0 Å². The van der Waals surface area contributed by atoms with E-state index in [9.17, 15) is 0 Å². The van der Waals surface area contributed by atoms with E-state index in [-0.39, 0.29) is 17.0 Å². The van der Waals surface area contributed by atoms with Gasteiger partial charge in [-0.05, 0) is 5.56 Å². The minimum absolute atomic E-state index is 0.0958. The molecule has 0 aliphatic rings. The smallest absolute Gasteiger partial charge is 0.320 e. The highest BCUT2D eigenvalue weighted by Gasteiger charge is 2.23. The number of halogens is 2. The maximum absolute atomic E-state index is 6.57. The van der Waals surface area contributed by atoms with E-state index in [1.54, 1.807) is 10.9 Å². The average molecular weight is 402 g/mol. The maximum Gasteiger partial charge on any atom is 0.320 e. The highest BCUT2D eigenvalue weighted by molar-refractivity contribution is 6.34. The van der Waals surface area contributed by atoms with Crippen molar-refractivity contribution in [3.8, 4) is 34.4 Å². The van der Waals surface area contributed by atoms with Gasteiger partial charge in [-0.15, -0.1) is 0 Å². The lowest BCUT2D eigenvalue weighted by atomic mass is 10.0. The number of pyridine rings is 1. The quantitative estimate of drug-likeness (QED) is 0.474. The number of benzene rings is 1. The fourth-order valence-corrected chi connectivity index (χ4v) is 3.26. The molecule has 136 valence electrons. The molecule has 3 heterocycles. The molecule has 0 aliphatic heterocycles. The second kappa shape index (κ2) is 7.02. The highest BCUT2D eigenvalue weighted by Crippen LogP contribution is 2.42. The van der Waals surface area contributed by atoms with Crippen LogP contribution in [0.1, 0.15) is 0 Å². The van der Waals surface area contributed by atoms with E-state index < -0.39 is 0 Å². The molecule has 4 aromatic rings. The third-order valence-electron chi connectivity index (χ3n) is 4.01. The van der Waals surface area contributed by atoms with Gasteiger partial charge in [0.25, 0.3) is 5.88 Å². The first kappa shape index (κ1) is 17.5. The van der Waals surface area contributed by atoms with Crippen LogP contribution in [0.15, 0.2) is 42.9 Å². The first-order valence-electron chi connectivity index (χ1n) is 7.90. The molecule has 0 radical (unpaired) electrons. The molecule has 0 unspecified atom stereocenters. The van der Waals surface area contributed by atoms with Gasteiger partial charge >= 0.3 is 6.01 Å². The molecule has 0 atom stereocenters. The van der Waals surface area contributed by atoms with Crippen LogP contribution in [0, 0.1) is 0 Å². The van der Waals surface area contributed by atoms with Crippen LogP contribution in [-0.4, -0.2) is 31.6 Å². The van der Waals surface area contributed by atoms with Crippen LogP contribution in [-0.2, 0) is 7.05 Å². The van der Waals surface area contributed by atoms with Crippen molar-refractivity contribution in [2.24, 2.45) is 7.05 Å². The molecule has 0 amide bonds. The molecular formula is C18H13Cl2N5O2. The van der Waals surface area contributed by atoms with E-state index in [0.717, 1.165) is 5.56 Å². The summed E-state index contributed by atoms with van der Waals surface area (Å²) in [6, 6.07) is 9.62. The number of aryl methyl sites for hydroxylation is 1.